The summed E-state index contributed by atoms with van der Waals surface area (Å²) < 4.78 is 5.23. The molecule has 1 saturated heterocycles. The van der Waals surface area contributed by atoms with Crippen molar-refractivity contribution in [3.05, 3.63) is 53.1 Å². The van der Waals surface area contributed by atoms with Crippen LogP contribution in [-0.2, 0) is 24.3 Å². The molecule has 0 N–H and O–H groups in total. The number of carbonyl (C=O) groups excluding carboxylic acids is 1. The van der Waals surface area contributed by atoms with E-state index in [2.05, 4.69) is 22.0 Å². The lowest BCUT2D eigenvalue weighted by atomic mass is 9.96. The van der Waals surface area contributed by atoms with Crippen molar-refractivity contribution < 1.29 is 9.53 Å². The highest BCUT2D eigenvalue weighted by Gasteiger charge is 2.26. The van der Waals surface area contributed by atoms with Crippen molar-refractivity contribution in [2.45, 2.75) is 45.2 Å². The predicted molar refractivity (Wildman–Crippen MR) is 107 cm³/mol. The molecule has 4 rings (SSSR count). The third-order valence-corrected chi connectivity index (χ3v) is 5.83. The highest BCUT2D eigenvalue weighted by Crippen LogP contribution is 2.27. The van der Waals surface area contributed by atoms with Gasteiger partial charge in [-0.1, -0.05) is 12.1 Å². The lowest BCUT2D eigenvalue weighted by Gasteiger charge is -2.32. The average molecular weight is 380 g/mol. The SMILES string of the molecule is COc1ccc(CN2CCc3nc([C@@H]4CCCN(C(C)=O)C4)ncc3C2)cc1. The van der Waals surface area contributed by atoms with E-state index >= 15 is 0 Å². The number of carbonyl (C=O) groups is 1. The summed E-state index contributed by atoms with van der Waals surface area (Å²) in [7, 11) is 1.69. The lowest BCUT2D eigenvalue weighted by Crippen LogP contribution is -2.38. The molecular formula is C22H28N4O2. The maximum absolute atomic E-state index is 11.7. The average Bonchev–Trinajstić information content (AvgIpc) is 2.74. The number of methoxy groups -OCH3 is 1. The first-order valence-electron chi connectivity index (χ1n) is 10.1. The summed E-state index contributed by atoms with van der Waals surface area (Å²) in [4.78, 5) is 25.6. The van der Waals surface area contributed by atoms with Crippen molar-refractivity contribution in [2.75, 3.05) is 26.7 Å². The van der Waals surface area contributed by atoms with Gasteiger partial charge in [-0.05, 0) is 30.5 Å². The van der Waals surface area contributed by atoms with Gasteiger partial charge in [0, 0.05) is 69.4 Å². The van der Waals surface area contributed by atoms with Crippen LogP contribution in [-0.4, -0.2) is 52.4 Å². The number of piperidine rings is 1. The number of hydrogen-bond acceptors (Lipinski definition) is 5. The predicted octanol–water partition coefficient (Wildman–Crippen LogP) is 2.77. The Bertz CT molecular complexity index is 837. The summed E-state index contributed by atoms with van der Waals surface area (Å²) in [5.74, 6) is 2.21. The molecule has 6 nitrogen and oxygen atoms in total. The minimum Gasteiger partial charge on any atom is -0.497 e. The molecule has 2 aliphatic rings. The standard InChI is InChI=1S/C22H28N4O2/c1-16(27)26-10-3-4-18(15-26)22-23-12-19-14-25(11-9-21(19)24-22)13-17-5-7-20(28-2)8-6-17/h5-8,12,18H,3-4,9-11,13-15H2,1-2H3/t18-/m1/s1. The molecule has 28 heavy (non-hydrogen) atoms. The van der Waals surface area contributed by atoms with E-state index in [-0.39, 0.29) is 11.8 Å². The number of rotatable bonds is 4. The molecule has 0 spiro atoms. The van der Waals surface area contributed by atoms with Gasteiger partial charge in [-0.15, -0.1) is 0 Å². The van der Waals surface area contributed by atoms with Crippen LogP contribution in [0.25, 0.3) is 0 Å². The second kappa shape index (κ2) is 8.27. The molecule has 2 aliphatic heterocycles. The van der Waals surface area contributed by atoms with Crippen LogP contribution in [0.2, 0.25) is 0 Å². The van der Waals surface area contributed by atoms with Gasteiger partial charge in [-0.3, -0.25) is 9.69 Å². The Balaban J connectivity index is 1.41. The third-order valence-electron chi connectivity index (χ3n) is 5.83. The fourth-order valence-corrected chi connectivity index (χ4v) is 4.18. The van der Waals surface area contributed by atoms with Gasteiger partial charge in [0.25, 0.3) is 0 Å². The van der Waals surface area contributed by atoms with Gasteiger partial charge >= 0.3 is 0 Å². The van der Waals surface area contributed by atoms with E-state index in [0.717, 1.165) is 63.6 Å². The minimum atomic E-state index is 0.150. The van der Waals surface area contributed by atoms with Crippen molar-refractivity contribution in [1.29, 1.82) is 0 Å². The number of amides is 1. The molecule has 0 aliphatic carbocycles. The molecule has 0 unspecified atom stereocenters. The Kier molecular flexibility index (Phi) is 5.57. The second-order valence-corrected chi connectivity index (χ2v) is 7.81. The Morgan fingerprint density at radius 1 is 1.25 bits per heavy atom. The van der Waals surface area contributed by atoms with Gasteiger partial charge in [0.2, 0.25) is 5.91 Å². The highest BCUT2D eigenvalue weighted by molar-refractivity contribution is 5.73. The molecule has 3 heterocycles. The van der Waals surface area contributed by atoms with Crippen LogP contribution >= 0.6 is 0 Å². The molecule has 0 radical (unpaired) electrons. The number of likely N-dealkylation sites (tertiary alicyclic amines) is 1. The lowest BCUT2D eigenvalue weighted by molar-refractivity contribution is -0.130. The maximum Gasteiger partial charge on any atom is 0.219 e. The molecule has 6 heteroatoms. The van der Waals surface area contributed by atoms with Crippen molar-refractivity contribution in [2.24, 2.45) is 0 Å². The summed E-state index contributed by atoms with van der Waals surface area (Å²) in [6.45, 7) is 6.05. The largest absolute Gasteiger partial charge is 0.497 e. The monoisotopic (exact) mass is 380 g/mol. The summed E-state index contributed by atoms with van der Waals surface area (Å²) in [6, 6.07) is 8.27. The molecular weight excluding hydrogens is 352 g/mol. The Morgan fingerprint density at radius 2 is 2.07 bits per heavy atom. The zero-order chi connectivity index (χ0) is 19.5. The van der Waals surface area contributed by atoms with Crippen LogP contribution in [0.1, 0.15) is 48.3 Å². The van der Waals surface area contributed by atoms with Crippen LogP contribution in [0.5, 0.6) is 5.75 Å². The molecule has 1 amide bonds. The molecule has 1 atom stereocenters. The molecule has 1 aromatic carbocycles. The fraction of sp³-hybridized carbons (Fsp3) is 0.500. The number of aromatic nitrogens is 2. The van der Waals surface area contributed by atoms with Gasteiger partial charge in [0.15, 0.2) is 0 Å². The summed E-state index contributed by atoms with van der Waals surface area (Å²) in [6.07, 6.45) is 5.04. The first-order valence-corrected chi connectivity index (χ1v) is 10.1. The second-order valence-electron chi connectivity index (χ2n) is 7.81. The van der Waals surface area contributed by atoms with Crippen molar-refractivity contribution in [3.63, 3.8) is 0 Å². The molecule has 1 aromatic heterocycles. The smallest absolute Gasteiger partial charge is 0.219 e. The molecule has 0 bridgehead atoms. The summed E-state index contributed by atoms with van der Waals surface area (Å²) in [5.41, 5.74) is 3.69. The van der Waals surface area contributed by atoms with Gasteiger partial charge in [0.05, 0.1) is 7.11 Å². The van der Waals surface area contributed by atoms with E-state index in [0.29, 0.717) is 0 Å². The zero-order valence-corrected chi connectivity index (χ0v) is 16.7. The van der Waals surface area contributed by atoms with Crippen molar-refractivity contribution >= 4 is 5.91 Å². The molecule has 1 fully saturated rings. The molecule has 0 saturated carbocycles. The van der Waals surface area contributed by atoms with E-state index in [1.54, 1.807) is 14.0 Å². The summed E-state index contributed by atoms with van der Waals surface area (Å²) in [5, 5.41) is 0. The van der Waals surface area contributed by atoms with Crippen LogP contribution in [0.3, 0.4) is 0 Å². The third kappa shape index (κ3) is 4.17. The minimum absolute atomic E-state index is 0.150. The van der Waals surface area contributed by atoms with Gasteiger partial charge in [-0.2, -0.15) is 0 Å². The van der Waals surface area contributed by atoms with E-state index in [4.69, 9.17) is 9.72 Å². The fourth-order valence-electron chi connectivity index (χ4n) is 4.18. The van der Waals surface area contributed by atoms with Gasteiger partial charge < -0.3 is 9.64 Å². The number of fused-ring (bicyclic) bond motifs is 1. The van der Waals surface area contributed by atoms with Crippen molar-refractivity contribution in [1.82, 2.24) is 19.8 Å². The Morgan fingerprint density at radius 3 is 2.82 bits per heavy atom. The Hall–Kier alpha value is -2.47. The van der Waals surface area contributed by atoms with E-state index < -0.39 is 0 Å². The summed E-state index contributed by atoms with van der Waals surface area (Å²) >= 11 is 0. The van der Waals surface area contributed by atoms with E-state index in [1.807, 2.05) is 23.2 Å². The maximum atomic E-state index is 11.7. The van der Waals surface area contributed by atoms with Gasteiger partial charge in [0.1, 0.15) is 11.6 Å². The normalized spacial score (nSPS) is 19.9. The zero-order valence-electron chi connectivity index (χ0n) is 16.7. The Labute approximate surface area is 166 Å². The first-order chi connectivity index (χ1) is 13.6. The van der Waals surface area contributed by atoms with Crippen molar-refractivity contribution in [3.8, 4) is 5.75 Å². The topological polar surface area (TPSA) is 58.6 Å². The first kappa shape index (κ1) is 18.9. The number of benzene rings is 1. The van der Waals surface area contributed by atoms with Crippen LogP contribution in [0.15, 0.2) is 30.5 Å². The van der Waals surface area contributed by atoms with Gasteiger partial charge in [-0.25, -0.2) is 9.97 Å². The molecule has 2 aromatic rings. The van der Waals surface area contributed by atoms with Crippen LogP contribution < -0.4 is 4.74 Å². The number of nitrogens with zero attached hydrogens (tertiary/aromatic N) is 4. The number of hydrogen-bond donors (Lipinski definition) is 0. The van der Waals surface area contributed by atoms with E-state index in [1.165, 1.54) is 16.8 Å². The van der Waals surface area contributed by atoms with E-state index in [9.17, 15) is 4.79 Å². The number of ether oxygens (including phenoxy) is 1. The highest BCUT2D eigenvalue weighted by atomic mass is 16.5. The quantitative estimate of drug-likeness (QED) is 0.816. The van der Waals surface area contributed by atoms with Crippen LogP contribution in [0.4, 0.5) is 0 Å². The van der Waals surface area contributed by atoms with Crippen LogP contribution in [0, 0.1) is 0 Å². The molecule has 148 valence electrons.